The third-order valence-corrected chi connectivity index (χ3v) is 3.52. The number of rotatable bonds is 5. The molecule has 0 spiro atoms. The van der Waals surface area contributed by atoms with Gasteiger partial charge in [0.1, 0.15) is 23.7 Å². The van der Waals surface area contributed by atoms with Crippen LogP contribution in [-0.4, -0.2) is 60.5 Å². The van der Waals surface area contributed by atoms with Gasteiger partial charge in [0.2, 0.25) is 0 Å². The van der Waals surface area contributed by atoms with E-state index in [-0.39, 0.29) is 23.7 Å². The Bertz CT molecular complexity index is 497. The highest BCUT2D eigenvalue weighted by Crippen LogP contribution is 2.28. The van der Waals surface area contributed by atoms with Crippen LogP contribution < -0.4 is 0 Å². The van der Waals surface area contributed by atoms with E-state index >= 15 is 0 Å². The number of hydrogen-bond donors (Lipinski definition) is 2. The maximum Gasteiger partial charge on any atom is 0.342 e. The molecule has 0 atom stereocenters. The molecule has 1 aromatic rings. The zero-order chi connectivity index (χ0) is 15.2. The van der Waals surface area contributed by atoms with Gasteiger partial charge in [-0.3, -0.25) is 4.90 Å². The normalized spacial score (nSPS) is 15.9. The average Bonchev–Trinajstić information content (AvgIpc) is 2.50. The lowest BCUT2D eigenvalue weighted by Crippen LogP contribution is -2.38. The topological polar surface area (TPSA) is 79.2 Å². The van der Waals surface area contributed by atoms with E-state index in [1.54, 1.807) is 0 Å². The first-order chi connectivity index (χ1) is 10.1. The van der Waals surface area contributed by atoms with Crippen LogP contribution in [0.1, 0.15) is 22.8 Å². The molecular formula is C15H21NO5. The maximum absolute atomic E-state index is 12.0. The highest BCUT2D eigenvalue weighted by molar-refractivity contribution is 5.93. The number of hydrogen-bond acceptors (Lipinski definition) is 6. The van der Waals surface area contributed by atoms with Gasteiger partial charge in [0, 0.05) is 19.6 Å². The predicted molar refractivity (Wildman–Crippen MR) is 76.7 cm³/mol. The number of aryl methyl sites for hydroxylation is 1. The Hall–Kier alpha value is -1.79. The van der Waals surface area contributed by atoms with Crippen LogP contribution in [0.4, 0.5) is 0 Å². The van der Waals surface area contributed by atoms with Crippen LogP contribution in [0, 0.1) is 0 Å². The third kappa shape index (κ3) is 4.09. The van der Waals surface area contributed by atoms with Gasteiger partial charge in [0.15, 0.2) is 0 Å². The highest BCUT2D eigenvalue weighted by Gasteiger charge is 2.18. The first-order valence-corrected chi connectivity index (χ1v) is 7.14. The molecule has 0 saturated carbocycles. The zero-order valence-electron chi connectivity index (χ0n) is 12.2. The van der Waals surface area contributed by atoms with Crippen molar-refractivity contribution in [3.63, 3.8) is 0 Å². The van der Waals surface area contributed by atoms with E-state index < -0.39 is 5.97 Å². The number of carbonyl (C=O) groups is 1. The minimum Gasteiger partial charge on any atom is -0.508 e. The fourth-order valence-electron chi connectivity index (χ4n) is 2.27. The van der Waals surface area contributed by atoms with Crippen LogP contribution in [-0.2, 0) is 15.9 Å². The molecule has 116 valence electrons. The van der Waals surface area contributed by atoms with E-state index in [9.17, 15) is 15.0 Å². The molecule has 0 aromatic heterocycles. The van der Waals surface area contributed by atoms with Crippen molar-refractivity contribution < 1.29 is 24.5 Å². The predicted octanol–water partition coefficient (Wildman–Crippen LogP) is 1.15. The summed E-state index contributed by atoms with van der Waals surface area (Å²) in [6.45, 7) is 5.76. The summed E-state index contributed by atoms with van der Waals surface area (Å²) >= 11 is 0. The van der Waals surface area contributed by atoms with Gasteiger partial charge in [0.25, 0.3) is 0 Å². The second-order valence-electron chi connectivity index (χ2n) is 4.94. The van der Waals surface area contributed by atoms with E-state index in [2.05, 4.69) is 4.90 Å². The molecule has 1 aliphatic heterocycles. The first kappa shape index (κ1) is 15.6. The van der Waals surface area contributed by atoms with Crippen molar-refractivity contribution in [2.45, 2.75) is 13.3 Å². The Labute approximate surface area is 123 Å². The van der Waals surface area contributed by atoms with Crippen molar-refractivity contribution in [3.8, 4) is 11.5 Å². The van der Waals surface area contributed by atoms with Gasteiger partial charge >= 0.3 is 5.97 Å². The van der Waals surface area contributed by atoms with Gasteiger partial charge in [-0.2, -0.15) is 0 Å². The minimum atomic E-state index is -0.619. The molecule has 6 nitrogen and oxygen atoms in total. The Morgan fingerprint density at radius 3 is 2.71 bits per heavy atom. The number of ether oxygens (including phenoxy) is 2. The van der Waals surface area contributed by atoms with E-state index in [4.69, 9.17) is 9.47 Å². The molecule has 0 aliphatic carbocycles. The zero-order valence-corrected chi connectivity index (χ0v) is 12.2. The summed E-state index contributed by atoms with van der Waals surface area (Å²) in [5, 5.41) is 19.6. The molecule has 0 amide bonds. The molecule has 21 heavy (non-hydrogen) atoms. The van der Waals surface area contributed by atoms with Crippen LogP contribution in [0.3, 0.4) is 0 Å². The van der Waals surface area contributed by atoms with E-state index in [1.807, 2.05) is 6.92 Å². The van der Waals surface area contributed by atoms with E-state index in [1.165, 1.54) is 12.1 Å². The van der Waals surface area contributed by atoms with Gasteiger partial charge in [-0.1, -0.05) is 6.92 Å². The molecule has 1 aliphatic rings. The lowest BCUT2D eigenvalue weighted by Gasteiger charge is -2.26. The average molecular weight is 295 g/mol. The van der Waals surface area contributed by atoms with Crippen LogP contribution in [0.25, 0.3) is 0 Å². The summed E-state index contributed by atoms with van der Waals surface area (Å²) in [6, 6.07) is 2.67. The molecule has 1 fully saturated rings. The van der Waals surface area contributed by atoms with Crippen LogP contribution in [0.5, 0.6) is 11.5 Å². The molecule has 1 aromatic carbocycles. The quantitative estimate of drug-likeness (QED) is 0.626. The number of esters is 1. The standard InChI is InChI=1S/C15H21NO5/c1-2-11-9-12(17)10-13(14(11)18)15(19)21-8-5-16-3-6-20-7-4-16/h9-10,17-18H,2-8H2,1H3. The number of phenols is 2. The van der Waals surface area contributed by atoms with E-state index in [0.29, 0.717) is 31.7 Å². The Balaban J connectivity index is 1.92. The van der Waals surface area contributed by atoms with Crippen LogP contribution in [0.15, 0.2) is 12.1 Å². The highest BCUT2D eigenvalue weighted by atomic mass is 16.5. The molecule has 0 radical (unpaired) electrons. The Morgan fingerprint density at radius 1 is 1.33 bits per heavy atom. The van der Waals surface area contributed by atoms with E-state index in [0.717, 1.165) is 13.1 Å². The molecule has 0 bridgehead atoms. The number of benzene rings is 1. The lowest BCUT2D eigenvalue weighted by atomic mass is 10.1. The number of morpholine rings is 1. The summed E-state index contributed by atoms with van der Waals surface area (Å²) in [5.41, 5.74) is 0.531. The molecule has 0 unspecified atom stereocenters. The minimum absolute atomic E-state index is 0.00817. The van der Waals surface area contributed by atoms with Gasteiger partial charge in [-0.05, 0) is 24.1 Å². The Morgan fingerprint density at radius 2 is 2.05 bits per heavy atom. The second kappa shape index (κ2) is 7.28. The Kier molecular flexibility index (Phi) is 5.41. The van der Waals surface area contributed by atoms with Crippen molar-refractivity contribution in [2.75, 3.05) is 39.5 Å². The number of carbonyl (C=O) groups excluding carboxylic acids is 1. The van der Waals surface area contributed by atoms with Crippen molar-refractivity contribution in [1.29, 1.82) is 0 Å². The van der Waals surface area contributed by atoms with Crippen LogP contribution in [0.2, 0.25) is 0 Å². The monoisotopic (exact) mass is 295 g/mol. The number of phenolic OH excluding ortho intramolecular Hbond substituents is 2. The largest absolute Gasteiger partial charge is 0.508 e. The van der Waals surface area contributed by atoms with Gasteiger partial charge < -0.3 is 19.7 Å². The summed E-state index contributed by atoms with van der Waals surface area (Å²) in [5.74, 6) is -0.789. The fraction of sp³-hybridized carbons (Fsp3) is 0.533. The summed E-state index contributed by atoms with van der Waals surface area (Å²) < 4.78 is 10.4. The SMILES string of the molecule is CCc1cc(O)cc(C(=O)OCCN2CCOCC2)c1O. The van der Waals surface area contributed by atoms with Crippen molar-refractivity contribution in [1.82, 2.24) is 4.90 Å². The smallest absolute Gasteiger partial charge is 0.342 e. The molecular weight excluding hydrogens is 274 g/mol. The first-order valence-electron chi connectivity index (χ1n) is 7.14. The molecule has 1 heterocycles. The van der Waals surface area contributed by atoms with Gasteiger partial charge in [-0.25, -0.2) is 4.79 Å². The summed E-state index contributed by atoms with van der Waals surface area (Å²) in [4.78, 5) is 14.1. The molecule has 6 heteroatoms. The molecule has 2 N–H and O–H groups in total. The third-order valence-electron chi connectivity index (χ3n) is 3.52. The fourth-order valence-corrected chi connectivity index (χ4v) is 2.27. The van der Waals surface area contributed by atoms with Crippen molar-refractivity contribution >= 4 is 5.97 Å². The van der Waals surface area contributed by atoms with Crippen molar-refractivity contribution in [2.24, 2.45) is 0 Å². The molecule has 1 saturated heterocycles. The second-order valence-corrected chi connectivity index (χ2v) is 4.94. The number of nitrogens with zero attached hydrogens (tertiary/aromatic N) is 1. The summed E-state index contributed by atoms with van der Waals surface area (Å²) in [7, 11) is 0. The summed E-state index contributed by atoms with van der Waals surface area (Å²) in [6.07, 6.45) is 0.522. The molecule has 2 rings (SSSR count). The lowest BCUT2D eigenvalue weighted by molar-refractivity contribution is 0.0194. The van der Waals surface area contributed by atoms with Crippen LogP contribution >= 0.6 is 0 Å². The maximum atomic E-state index is 12.0. The number of aromatic hydroxyl groups is 2. The van der Waals surface area contributed by atoms with Gasteiger partial charge in [-0.15, -0.1) is 0 Å². The van der Waals surface area contributed by atoms with Crippen molar-refractivity contribution in [3.05, 3.63) is 23.3 Å². The van der Waals surface area contributed by atoms with Gasteiger partial charge in [0.05, 0.1) is 13.2 Å².